The molecule has 0 spiro atoms. The second-order valence-corrected chi connectivity index (χ2v) is 4.97. The van der Waals surface area contributed by atoms with E-state index in [0.29, 0.717) is 21.3 Å². The van der Waals surface area contributed by atoms with Crippen molar-refractivity contribution in [2.75, 3.05) is 13.8 Å². The number of halogens is 2. The highest BCUT2D eigenvalue weighted by Crippen LogP contribution is 2.23. The number of rotatable bonds is 7. The Hall–Kier alpha value is -1.36. The summed E-state index contributed by atoms with van der Waals surface area (Å²) < 4.78 is 4.86. The van der Waals surface area contributed by atoms with Crippen molar-refractivity contribution in [3.63, 3.8) is 0 Å². The Morgan fingerprint density at radius 2 is 2.00 bits per heavy atom. The maximum atomic E-state index is 12.1. The third-order valence-corrected chi connectivity index (χ3v) is 3.13. The van der Waals surface area contributed by atoms with Gasteiger partial charge in [0.2, 0.25) is 0 Å². The summed E-state index contributed by atoms with van der Waals surface area (Å²) in [4.78, 5) is 23.3. The molecule has 0 bridgehead atoms. The molecule has 0 saturated heterocycles. The highest BCUT2D eigenvalue weighted by molar-refractivity contribution is 6.42. The molecule has 0 aliphatic rings. The lowest BCUT2D eigenvalue weighted by Crippen LogP contribution is -2.19. The van der Waals surface area contributed by atoms with Crippen LogP contribution in [0.4, 0.5) is 0 Å². The summed E-state index contributed by atoms with van der Waals surface area (Å²) in [6.45, 7) is 1.67. The minimum Gasteiger partial charge on any atom is -0.366 e. The molecule has 0 aliphatic heterocycles. The first-order valence-electron chi connectivity index (χ1n) is 5.86. The van der Waals surface area contributed by atoms with Gasteiger partial charge in [-0.2, -0.15) is 0 Å². The maximum Gasteiger partial charge on any atom is 0.187 e. The van der Waals surface area contributed by atoms with Crippen molar-refractivity contribution in [2.24, 2.45) is 0 Å². The van der Waals surface area contributed by atoms with Crippen molar-refractivity contribution in [2.45, 2.75) is 13.3 Å². The Kier molecular flexibility index (Phi) is 6.71. The lowest BCUT2D eigenvalue weighted by molar-refractivity contribution is -0.116. The van der Waals surface area contributed by atoms with Gasteiger partial charge in [0.25, 0.3) is 0 Å². The normalized spacial score (nSPS) is 11.3. The molecule has 1 rings (SSSR count). The number of ketones is 2. The van der Waals surface area contributed by atoms with Gasteiger partial charge in [-0.1, -0.05) is 23.2 Å². The molecule has 0 saturated carbocycles. The number of carbonyl (C=O) groups is 2. The van der Waals surface area contributed by atoms with E-state index in [1.165, 1.54) is 26.2 Å². The molecule has 0 fully saturated rings. The van der Waals surface area contributed by atoms with Crippen LogP contribution in [0.5, 0.6) is 0 Å². The number of hydrogen-bond donors (Lipinski definition) is 1. The first kappa shape index (κ1) is 16.7. The van der Waals surface area contributed by atoms with Gasteiger partial charge < -0.3 is 10.1 Å². The molecular formula is C14H15Cl2NO3. The fraction of sp³-hybridized carbons (Fsp3) is 0.286. The minimum absolute atomic E-state index is 0.0539. The molecule has 0 aliphatic carbocycles. The first-order chi connectivity index (χ1) is 9.43. The Bertz CT molecular complexity index is 541. The average molecular weight is 316 g/mol. The number of benzene rings is 1. The molecule has 0 atom stereocenters. The smallest absolute Gasteiger partial charge is 0.187 e. The summed E-state index contributed by atoms with van der Waals surface area (Å²) in [7, 11) is 1.51. The SMILES string of the molecule is COCN/C(=C/C(=O)c1ccc(Cl)c(Cl)c1)CC(C)=O. The van der Waals surface area contributed by atoms with Crippen LogP contribution < -0.4 is 5.32 Å². The molecule has 0 amide bonds. The number of hydrogen-bond acceptors (Lipinski definition) is 4. The average Bonchev–Trinajstić information content (AvgIpc) is 2.38. The molecule has 1 aromatic carbocycles. The van der Waals surface area contributed by atoms with Crippen molar-refractivity contribution in [1.82, 2.24) is 5.32 Å². The van der Waals surface area contributed by atoms with Crippen LogP contribution in [0.15, 0.2) is 30.0 Å². The van der Waals surface area contributed by atoms with E-state index in [-0.39, 0.29) is 24.7 Å². The minimum atomic E-state index is -0.261. The molecule has 6 heteroatoms. The molecule has 0 aromatic heterocycles. The van der Waals surface area contributed by atoms with Crippen molar-refractivity contribution in [1.29, 1.82) is 0 Å². The van der Waals surface area contributed by atoms with E-state index in [2.05, 4.69) is 5.32 Å². The summed E-state index contributed by atoms with van der Waals surface area (Å²) in [6, 6.07) is 4.62. The van der Waals surface area contributed by atoms with Crippen molar-refractivity contribution in [3.8, 4) is 0 Å². The topological polar surface area (TPSA) is 55.4 Å². The second kappa shape index (κ2) is 8.04. The molecule has 0 unspecified atom stereocenters. The monoisotopic (exact) mass is 315 g/mol. The Morgan fingerprint density at radius 1 is 1.30 bits per heavy atom. The van der Waals surface area contributed by atoms with Gasteiger partial charge in [0, 0.05) is 30.9 Å². The first-order valence-corrected chi connectivity index (χ1v) is 6.62. The van der Waals surface area contributed by atoms with Crippen LogP contribution >= 0.6 is 23.2 Å². The van der Waals surface area contributed by atoms with Gasteiger partial charge >= 0.3 is 0 Å². The van der Waals surface area contributed by atoms with Crippen LogP contribution in [0.3, 0.4) is 0 Å². The van der Waals surface area contributed by atoms with Crippen LogP contribution in [-0.2, 0) is 9.53 Å². The number of methoxy groups -OCH3 is 1. The summed E-state index contributed by atoms with van der Waals surface area (Å²) in [6.07, 6.45) is 1.50. The number of Topliss-reactive ketones (excluding diaryl/α,β-unsaturated/α-hetero) is 1. The van der Waals surface area contributed by atoms with Crippen LogP contribution in [0.2, 0.25) is 10.0 Å². The fourth-order valence-electron chi connectivity index (χ4n) is 1.49. The Labute approximate surface area is 127 Å². The highest BCUT2D eigenvalue weighted by Gasteiger charge is 2.09. The largest absolute Gasteiger partial charge is 0.366 e. The third-order valence-electron chi connectivity index (χ3n) is 2.39. The number of nitrogens with one attached hydrogen (secondary N) is 1. The van der Waals surface area contributed by atoms with Crippen LogP contribution in [0, 0.1) is 0 Å². The number of ether oxygens (including phenoxy) is 1. The standard InChI is InChI=1S/C14H15Cl2NO3/c1-9(18)5-11(17-8-20-2)7-14(19)10-3-4-12(15)13(16)6-10/h3-4,6-7,17H,5,8H2,1-2H3/b11-7+. The molecular weight excluding hydrogens is 301 g/mol. The molecule has 108 valence electrons. The van der Waals surface area contributed by atoms with E-state index >= 15 is 0 Å². The van der Waals surface area contributed by atoms with E-state index in [9.17, 15) is 9.59 Å². The van der Waals surface area contributed by atoms with Crippen LogP contribution in [-0.4, -0.2) is 25.4 Å². The molecule has 1 aromatic rings. The lowest BCUT2D eigenvalue weighted by atomic mass is 10.1. The van der Waals surface area contributed by atoms with Gasteiger partial charge in [0.1, 0.15) is 12.5 Å². The van der Waals surface area contributed by atoms with Crippen molar-refractivity contribution < 1.29 is 14.3 Å². The predicted molar refractivity (Wildman–Crippen MR) is 79.2 cm³/mol. The summed E-state index contributed by atoms with van der Waals surface area (Å²) in [5, 5.41) is 3.56. The highest BCUT2D eigenvalue weighted by atomic mass is 35.5. The lowest BCUT2D eigenvalue weighted by Gasteiger charge is -2.08. The Morgan fingerprint density at radius 3 is 2.55 bits per heavy atom. The summed E-state index contributed by atoms with van der Waals surface area (Å²) in [5.41, 5.74) is 0.898. The molecule has 4 nitrogen and oxygen atoms in total. The van der Waals surface area contributed by atoms with Crippen molar-refractivity contribution >= 4 is 34.8 Å². The van der Waals surface area contributed by atoms with Gasteiger partial charge in [-0.25, -0.2) is 0 Å². The quantitative estimate of drug-likeness (QED) is 0.477. The maximum absolute atomic E-state index is 12.1. The zero-order valence-electron chi connectivity index (χ0n) is 11.2. The fourth-order valence-corrected chi connectivity index (χ4v) is 1.79. The van der Waals surface area contributed by atoms with E-state index in [0.717, 1.165) is 0 Å². The molecule has 1 N–H and O–H groups in total. The van der Waals surface area contributed by atoms with Gasteiger partial charge in [-0.15, -0.1) is 0 Å². The molecule has 20 heavy (non-hydrogen) atoms. The van der Waals surface area contributed by atoms with Gasteiger partial charge in [-0.3, -0.25) is 9.59 Å². The van der Waals surface area contributed by atoms with E-state index in [1.54, 1.807) is 12.1 Å². The van der Waals surface area contributed by atoms with E-state index in [1.807, 2.05) is 0 Å². The second-order valence-electron chi connectivity index (χ2n) is 4.15. The van der Waals surface area contributed by atoms with E-state index in [4.69, 9.17) is 27.9 Å². The summed E-state index contributed by atoms with van der Waals surface area (Å²) >= 11 is 11.7. The zero-order chi connectivity index (χ0) is 15.1. The van der Waals surface area contributed by atoms with Crippen molar-refractivity contribution in [3.05, 3.63) is 45.6 Å². The third kappa shape index (κ3) is 5.33. The number of allylic oxidation sites excluding steroid dienone is 2. The predicted octanol–water partition coefficient (Wildman–Crippen LogP) is 3.23. The van der Waals surface area contributed by atoms with Crippen LogP contribution in [0.1, 0.15) is 23.7 Å². The number of carbonyl (C=O) groups excluding carboxylic acids is 2. The molecule has 0 heterocycles. The molecule has 0 radical (unpaired) electrons. The Balaban J connectivity index is 2.93. The van der Waals surface area contributed by atoms with Gasteiger partial charge in [0.15, 0.2) is 5.78 Å². The van der Waals surface area contributed by atoms with Gasteiger partial charge in [-0.05, 0) is 25.1 Å². The van der Waals surface area contributed by atoms with Gasteiger partial charge in [0.05, 0.1) is 10.0 Å². The zero-order valence-corrected chi connectivity index (χ0v) is 12.7. The van der Waals surface area contributed by atoms with Crippen LogP contribution in [0.25, 0.3) is 0 Å². The summed E-state index contributed by atoms with van der Waals surface area (Å²) in [5.74, 6) is -0.315. The van der Waals surface area contributed by atoms with E-state index < -0.39 is 0 Å².